The Labute approximate surface area is 199 Å². The summed E-state index contributed by atoms with van der Waals surface area (Å²) in [5.74, 6) is 1.98. The van der Waals surface area contributed by atoms with Gasteiger partial charge in [-0.25, -0.2) is 5.01 Å². The monoisotopic (exact) mass is 459 g/mol. The molecule has 1 atom stereocenters. The van der Waals surface area contributed by atoms with Crippen LogP contribution in [-0.4, -0.2) is 41.6 Å². The Morgan fingerprint density at radius 2 is 1.79 bits per heavy atom. The van der Waals surface area contributed by atoms with Crippen molar-refractivity contribution in [3.05, 3.63) is 89.4 Å². The van der Waals surface area contributed by atoms with Gasteiger partial charge in [0.15, 0.2) is 0 Å². The minimum absolute atomic E-state index is 0.0819. The number of carbonyl (C=O) groups is 2. The van der Waals surface area contributed by atoms with Crippen molar-refractivity contribution in [1.82, 2.24) is 9.91 Å². The van der Waals surface area contributed by atoms with Crippen LogP contribution in [0, 0.1) is 6.92 Å². The van der Waals surface area contributed by atoms with Gasteiger partial charge in [0.2, 0.25) is 11.8 Å². The van der Waals surface area contributed by atoms with E-state index in [2.05, 4.69) is 5.10 Å². The van der Waals surface area contributed by atoms with Crippen LogP contribution in [0.4, 0.5) is 0 Å². The van der Waals surface area contributed by atoms with Crippen LogP contribution >= 0.6 is 0 Å². The first-order valence-corrected chi connectivity index (χ1v) is 11.3. The lowest BCUT2D eigenvalue weighted by Gasteiger charge is -2.23. The number of methoxy groups -OCH3 is 1. The molecule has 0 aliphatic carbocycles. The zero-order valence-electron chi connectivity index (χ0n) is 19.7. The average molecular weight is 460 g/mol. The molecule has 0 N–H and O–H groups in total. The maximum absolute atomic E-state index is 13.2. The standard InChI is InChI=1S/C27H29N3O4/c1-19-9-12-23(34-19)18-29(2)26(31)15-16-27(32)30-25(21-10-13-22(33-3)14-11-21)17-24(28-30)20-7-5-4-6-8-20/h4-14,25H,15-18H2,1-3H3. The second-order valence-electron chi connectivity index (χ2n) is 8.41. The minimum Gasteiger partial charge on any atom is -0.497 e. The second-order valence-corrected chi connectivity index (χ2v) is 8.41. The van der Waals surface area contributed by atoms with Crippen LogP contribution in [0.1, 0.15) is 48.0 Å². The number of carbonyl (C=O) groups excluding carboxylic acids is 2. The summed E-state index contributed by atoms with van der Waals surface area (Å²) >= 11 is 0. The summed E-state index contributed by atoms with van der Waals surface area (Å²) in [5, 5.41) is 6.22. The highest BCUT2D eigenvalue weighted by Crippen LogP contribution is 2.34. The third kappa shape index (κ3) is 5.36. The molecule has 3 aromatic rings. The first kappa shape index (κ1) is 23.3. The third-order valence-corrected chi connectivity index (χ3v) is 5.94. The third-order valence-electron chi connectivity index (χ3n) is 5.94. The molecule has 0 spiro atoms. The lowest BCUT2D eigenvalue weighted by molar-refractivity contribution is -0.137. The Hall–Kier alpha value is -3.87. The predicted octanol–water partition coefficient (Wildman–Crippen LogP) is 4.71. The molecule has 176 valence electrons. The van der Waals surface area contributed by atoms with E-state index in [1.54, 1.807) is 19.1 Å². The fourth-order valence-corrected chi connectivity index (χ4v) is 4.04. The molecule has 1 unspecified atom stereocenters. The number of furan rings is 1. The molecular weight excluding hydrogens is 430 g/mol. The van der Waals surface area contributed by atoms with E-state index in [1.807, 2.05) is 73.7 Å². The van der Waals surface area contributed by atoms with Crippen molar-refractivity contribution in [2.24, 2.45) is 5.10 Å². The van der Waals surface area contributed by atoms with Gasteiger partial charge in [0, 0.05) is 26.3 Å². The van der Waals surface area contributed by atoms with E-state index >= 15 is 0 Å². The van der Waals surface area contributed by atoms with Gasteiger partial charge in [-0.15, -0.1) is 0 Å². The zero-order chi connectivity index (χ0) is 24.1. The SMILES string of the molecule is COc1ccc(C2CC(c3ccccc3)=NN2C(=O)CCC(=O)N(C)Cc2ccc(C)o2)cc1. The minimum atomic E-state index is -0.229. The molecular formula is C27H29N3O4. The van der Waals surface area contributed by atoms with Crippen LogP contribution in [0.25, 0.3) is 0 Å². The van der Waals surface area contributed by atoms with Gasteiger partial charge in [-0.05, 0) is 42.3 Å². The zero-order valence-corrected chi connectivity index (χ0v) is 19.7. The number of hydrogen-bond acceptors (Lipinski definition) is 5. The first-order chi connectivity index (χ1) is 16.4. The quantitative estimate of drug-likeness (QED) is 0.489. The largest absolute Gasteiger partial charge is 0.497 e. The molecule has 34 heavy (non-hydrogen) atoms. The normalized spacial score (nSPS) is 15.2. The molecule has 4 rings (SSSR count). The maximum Gasteiger partial charge on any atom is 0.243 e. The van der Waals surface area contributed by atoms with E-state index < -0.39 is 0 Å². The number of rotatable bonds is 8. The van der Waals surface area contributed by atoms with Crippen LogP contribution in [-0.2, 0) is 16.1 Å². The van der Waals surface area contributed by atoms with Crippen molar-refractivity contribution >= 4 is 17.5 Å². The van der Waals surface area contributed by atoms with Crippen molar-refractivity contribution in [1.29, 1.82) is 0 Å². The lowest BCUT2D eigenvalue weighted by atomic mass is 9.98. The van der Waals surface area contributed by atoms with Gasteiger partial charge >= 0.3 is 0 Å². The fraction of sp³-hybridized carbons (Fsp3) is 0.296. The highest BCUT2D eigenvalue weighted by Gasteiger charge is 2.33. The van der Waals surface area contributed by atoms with E-state index in [0.29, 0.717) is 13.0 Å². The van der Waals surface area contributed by atoms with Gasteiger partial charge < -0.3 is 14.1 Å². The lowest BCUT2D eigenvalue weighted by Crippen LogP contribution is -2.30. The molecule has 0 radical (unpaired) electrons. The smallest absolute Gasteiger partial charge is 0.243 e. The van der Waals surface area contributed by atoms with Gasteiger partial charge in [-0.1, -0.05) is 42.5 Å². The van der Waals surface area contributed by atoms with E-state index in [4.69, 9.17) is 9.15 Å². The molecule has 0 fully saturated rings. The first-order valence-electron chi connectivity index (χ1n) is 11.3. The van der Waals surface area contributed by atoms with Gasteiger partial charge in [0.25, 0.3) is 0 Å². The number of hydrazone groups is 1. The van der Waals surface area contributed by atoms with E-state index in [0.717, 1.165) is 34.1 Å². The Morgan fingerprint density at radius 3 is 2.44 bits per heavy atom. The van der Waals surface area contributed by atoms with Crippen molar-refractivity contribution < 1.29 is 18.7 Å². The van der Waals surface area contributed by atoms with Gasteiger partial charge in [0.1, 0.15) is 17.3 Å². The molecule has 7 nitrogen and oxygen atoms in total. The number of amides is 2. The Morgan fingerprint density at radius 1 is 1.06 bits per heavy atom. The molecule has 1 aliphatic rings. The van der Waals surface area contributed by atoms with Gasteiger partial charge in [-0.3, -0.25) is 9.59 Å². The van der Waals surface area contributed by atoms with E-state index in [9.17, 15) is 9.59 Å². The Kier molecular flexibility index (Phi) is 7.11. The molecule has 1 aromatic heterocycles. The molecule has 7 heteroatoms. The summed E-state index contributed by atoms with van der Waals surface area (Å²) in [7, 11) is 3.34. The maximum atomic E-state index is 13.2. The number of nitrogens with zero attached hydrogens (tertiary/aromatic N) is 3. The number of ether oxygens (including phenoxy) is 1. The molecule has 2 amide bonds. The Balaban J connectivity index is 1.46. The number of benzene rings is 2. The highest BCUT2D eigenvalue weighted by atomic mass is 16.5. The van der Waals surface area contributed by atoms with Crippen molar-refractivity contribution in [2.45, 2.75) is 38.8 Å². The summed E-state index contributed by atoms with van der Waals surface area (Å²) in [6, 6.07) is 21.0. The molecule has 0 saturated carbocycles. The second kappa shape index (κ2) is 10.4. The van der Waals surface area contributed by atoms with Gasteiger partial charge in [-0.2, -0.15) is 5.10 Å². The van der Waals surface area contributed by atoms with E-state index in [1.165, 1.54) is 5.01 Å². The van der Waals surface area contributed by atoms with Crippen molar-refractivity contribution in [2.75, 3.05) is 14.2 Å². The summed E-state index contributed by atoms with van der Waals surface area (Å²) in [6.45, 7) is 2.23. The van der Waals surface area contributed by atoms with E-state index in [-0.39, 0.29) is 30.7 Å². The summed E-state index contributed by atoms with van der Waals surface area (Å²) in [4.78, 5) is 27.4. The summed E-state index contributed by atoms with van der Waals surface area (Å²) in [5.41, 5.74) is 2.81. The topological polar surface area (TPSA) is 75.3 Å². The molecule has 2 heterocycles. The van der Waals surface area contributed by atoms with Crippen LogP contribution in [0.3, 0.4) is 0 Å². The van der Waals surface area contributed by atoms with Crippen LogP contribution < -0.4 is 4.74 Å². The average Bonchev–Trinajstić information content (AvgIpc) is 3.49. The molecule has 1 aliphatic heterocycles. The van der Waals surface area contributed by atoms with Crippen molar-refractivity contribution in [3.8, 4) is 5.75 Å². The van der Waals surface area contributed by atoms with Gasteiger partial charge in [0.05, 0.1) is 25.4 Å². The molecule has 0 saturated heterocycles. The van der Waals surface area contributed by atoms with Crippen molar-refractivity contribution in [3.63, 3.8) is 0 Å². The number of hydrogen-bond donors (Lipinski definition) is 0. The van der Waals surface area contributed by atoms with Crippen LogP contribution in [0.15, 0.2) is 76.2 Å². The fourth-order valence-electron chi connectivity index (χ4n) is 4.04. The highest BCUT2D eigenvalue weighted by molar-refractivity contribution is 6.03. The predicted molar refractivity (Wildman–Crippen MR) is 129 cm³/mol. The molecule has 2 aromatic carbocycles. The Bertz CT molecular complexity index is 1170. The van der Waals surface area contributed by atoms with Crippen LogP contribution in [0.5, 0.6) is 5.75 Å². The molecule has 0 bridgehead atoms. The van der Waals surface area contributed by atoms with Crippen LogP contribution in [0.2, 0.25) is 0 Å². The summed E-state index contributed by atoms with van der Waals surface area (Å²) in [6.07, 6.45) is 0.795. The summed E-state index contributed by atoms with van der Waals surface area (Å²) < 4.78 is 10.8. The number of aryl methyl sites for hydroxylation is 1.